The van der Waals surface area contributed by atoms with Gasteiger partial charge in [-0.3, -0.25) is 0 Å². The van der Waals surface area contributed by atoms with Crippen molar-refractivity contribution in [1.82, 2.24) is 4.98 Å². The van der Waals surface area contributed by atoms with Crippen molar-refractivity contribution in [3.05, 3.63) is 40.6 Å². The minimum absolute atomic E-state index is 0.823. The number of anilines is 2. The fraction of sp³-hybridized carbons (Fsp3) is 0.182. The number of hydrogen-bond donors (Lipinski definition) is 2. The molecule has 0 aliphatic rings. The van der Waals surface area contributed by atoms with Crippen LogP contribution in [0.2, 0.25) is 0 Å². The van der Waals surface area contributed by atoms with Crippen LogP contribution in [0.3, 0.4) is 0 Å². The van der Waals surface area contributed by atoms with Crippen molar-refractivity contribution in [3.63, 3.8) is 0 Å². The van der Waals surface area contributed by atoms with Crippen LogP contribution >= 0.6 is 11.3 Å². The first-order valence-electron chi connectivity index (χ1n) is 4.78. The second-order valence-electron chi connectivity index (χ2n) is 3.14. The van der Waals surface area contributed by atoms with E-state index in [1.807, 2.05) is 25.2 Å². The van der Waals surface area contributed by atoms with Gasteiger partial charge in [0.15, 0.2) is 0 Å². The maximum Gasteiger partial charge on any atom is 0.128 e. The van der Waals surface area contributed by atoms with Gasteiger partial charge in [0.05, 0.1) is 0 Å². The molecule has 0 saturated heterocycles. The number of aromatic nitrogens is 1. The molecular formula is C11H13N3S. The van der Waals surface area contributed by atoms with Crippen LogP contribution in [-0.2, 0) is 6.54 Å². The molecule has 0 unspecified atom stereocenters. The third-order valence-electron chi connectivity index (χ3n) is 2.06. The van der Waals surface area contributed by atoms with E-state index in [1.165, 1.54) is 5.56 Å². The highest BCUT2D eigenvalue weighted by Gasteiger charge is 1.96. The van der Waals surface area contributed by atoms with E-state index >= 15 is 0 Å². The number of hydrogen-bond acceptors (Lipinski definition) is 4. The second kappa shape index (κ2) is 4.79. The van der Waals surface area contributed by atoms with E-state index in [9.17, 15) is 0 Å². The van der Waals surface area contributed by atoms with Gasteiger partial charge in [-0.25, -0.2) is 4.98 Å². The lowest BCUT2D eigenvalue weighted by molar-refractivity contribution is 1.12. The highest BCUT2D eigenvalue weighted by atomic mass is 32.1. The Morgan fingerprint density at radius 1 is 1.27 bits per heavy atom. The summed E-state index contributed by atoms with van der Waals surface area (Å²) in [6, 6.07) is 8.00. The molecule has 0 fully saturated rings. The minimum Gasteiger partial charge on any atom is -0.373 e. The molecule has 0 aromatic carbocycles. The van der Waals surface area contributed by atoms with Gasteiger partial charge in [-0.15, -0.1) is 0 Å². The predicted octanol–water partition coefficient (Wildman–Crippen LogP) is 2.80. The van der Waals surface area contributed by atoms with Gasteiger partial charge in [-0.05, 0) is 34.5 Å². The predicted molar refractivity (Wildman–Crippen MR) is 65.4 cm³/mol. The van der Waals surface area contributed by atoms with Gasteiger partial charge in [0.25, 0.3) is 0 Å². The molecule has 0 bridgehead atoms. The lowest BCUT2D eigenvalue weighted by Gasteiger charge is -2.05. The van der Waals surface area contributed by atoms with Crippen molar-refractivity contribution in [2.24, 2.45) is 0 Å². The molecule has 2 N–H and O–H groups in total. The first-order valence-corrected chi connectivity index (χ1v) is 5.72. The molecule has 0 spiro atoms. The fourth-order valence-electron chi connectivity index (χ4n) is 1.26. The van der Waals surface area contributed by atoms with Crippen molar-refractivity contribution < 1.29 is 0 Å². The first kappa shape index (κ1) is 9.98. The lowest BCUT2D eigenvalue weighted by Crippen LogP contribution is -2.01. The van der Waals surface area contributed by atoms with Crippen LogP contribution in [0.5, 0.6) is 0 Å². The van der Waals surface area contributed by atoms with E-state index in [4.69, 9.17) is 0 Å². The monoisotopic (exact) mass is 219 g/mol. The highest BCUT2D eigenvalue weighted by Crippen LogP contribution is 2.11. The molecule has 0 amide bonds. The van der Waals surface area contributed by atoms with Crippen LogP contribution < -0.4 is 10.6 Å². The van der Waals surface area contributed by atoms with Crippen LogP contribution in [-0.4, -0.2) is 12.0 Å². The lowest BCUT2D eigenvalue weighted by atomic mass is 10.3. The number of pyridine rings is 1. The normalized spacial score (nSPS) is 9.93. The van der Waals surface area contributed by atoms with Gasteiger partial charge in [0, 0.05) is 13.6 Å². The Morgan fingerprint density at radius 2 is 2.13 bits per heavy atom. The molecule has 0 radical (unpaired) electrons. The van der Waals surface area contributed by atoms with Crippen molar-refractivity contribution in [2.45, 2.75) is 6.54 Å². The largest absolute Gasteiger partial charge is 0.373 e. The van der Waals surface area contributed by atoms with Crippen molar-refractivity contribution in [3.8, 4) is 0 Å². The van der Waals surface area contributed by atoms with Crippen molar-refractivity contribution >= 4 is 23.0 Å². The minimum atomic E-state index is 0.823. The standard InChI is InChI=1S/C11H13N3S/c1-12-10-3-2-4-11(14-10)13-7-9-5-6-15-8-9/h2-6,8H,7H2,1H3,(H2,12,13,14). The first-order chi connectivity index (χ1) is 7.38. The van der Waals surface area contributed by atoms with Crippen LogP contribution in [0, 0.1) is 0 Å². The van der Waals surface area contributed by atoms with E-state index in [1.54, 1.807) is 11.3 Å². The summed E-state index contributed by atoms with van der Waals surface area (Å²) < 4.78 is 0. The van der Waals surface area contributed by atoms with Gasteiger partial charge in [0.2, 0.25) is 0 Å². The molecule has 0 aliphatic heterocycles. The Morgan fingerprint density at radius 3 is 2.87 bits per heavy atom. The molecule has 2 rings (SSSR count). The molecule has 2 aromatic rings. The van der Waals surface area contributed by atoms with Gasteiger partial charge >= 0.3 is 0 Å². The molecule has 3 nitrogen and oxygen atoms in total. The van der Waals surface area contributed by atoms with E-state index in [0.717, 1.165) is 18.2 Å². The fourth-order valence-corrected chi connectivity index (χ4v) is 1.93. The second-order valence-corrected chi connectivity index (χ2v) is 3.92. The van der Waals surface area contributed by atoms with Crippen LogP contribution in [0.25, 0.3) is 0 Å². The Hall–Kier alpha value is -1.55. The summed E-state index contributed by atoms with van der Waals surface area (Å²) in [5.41, 5.74) is 1.29. The molecule has 78 valence electrons. The SMILES string of the molecule is CNc1cccc(NCc2ccsc2)n1. The average molecular weight is 219 g/mol. The van der Waals surface area contributed by atoms with Crippen LogP contribution in [0.4, 0.5) is 11.6 Å². The molecule has 2 aromatic heterocycles. The average Bonchev–Trinajstić information content (AvgIpc) is 2.79. The maximum absolute atomic E-state index is 4.37. The zero-order valence-corrected chi connectivity index (χ0v) is 9.34. The summed E-state index contributed by atoms with van der Waals surface area (Å²) in [5.74, 6) is 1.78. The molecule has 15 heavy (non-hydrogen) atoms. The Labute approximate surface area is 93.2 Å². The summed E-state index contributed by atoms with van der Waals surface area (Å²) in [7, 11) is 1.87. The number of rotatable bonds is 4. The number of nitrogens with zero attached hydrogens (tertiary/aromatic N) is 1. The molecule has 0 saturated carbocycles. The Balaban J connectivity index is 1.98. The topological polar surface area (TPSA) is 37.0 Å². The molecule has 0 aliphatic carbocycles. The van der Waals surface area contributed by atoms with E-state index < -0.39 is 0 Å². The van der Waals surface area contributed by atoms with Crippen molar-refractivity contribution in [2.75, 3.05) is 17.7 Å². The summed E-state index contributed by atoms with van der Waals surface area (Å²) in [6.45, 7) is 0.823. The summed E-state index contributed by atoms with van der Waals surface area (Å²) in [4.78, 5) is 4.37. The zero-order valence-electron chi connectivity index (χ0n) is 8.53. The maximum atomic E-state index is 4.37. The Kier molecular flexibility index (Phi) is 3.19. The van der Waals surface area contributed by atoms with E-state index in [0.29, 0.717) is 0 Å². The quantitative estimate of drug-likeness (QED) is 0.830. The zero-order chi connectivity index (χ0) is 10.5. The number of thiophene rings is 1. The third-order valence-corrected chi connectivity index (χ3v) is 2.79. The van der Waals surface area contributed by atoms with Crippen LogP contribution in [0.1, 0.15) is 5.56 Å². The van der Waals surface area contributed by atoms with Crippen LogP contribution in [0.15, 0.2) is 35.0 Å². The summed E-state index contributed by atoms with van der Waals surface area (Å²) >= 11 is 1.71. The van der Waals surface area contributed by atoms with Gasteiger partial charge in [-0.1, -0.05) is 6.07 Å². The Bertz CT molecular complexity index is 412. The molecule has 4 heteroatoms. The summed E-state index contributed by atoms with van der Waals surface area (Å²) in [6.07, 6.45) is 0. The smallest absolute Gasteiger partial charge is 0.128 e. The third kappa shape index (κ3) is 2.70. The van der Waals surface area contributed by atoms with Gasteiger partial charge < -0.3 is 10.6 Å². The van der Waals surface area contributed by atoms with Gasteiger partial charge in [-0.2, -0.15) is 11.3 Å². The van der Waals surface area contributed by atoms with E-state index in [2.05, 4.69) is 32.4 Å². The molecule has 2 heterocycles. The van der Waals surface area contributed by atoms with Crippen molar-refractivity contribution in [1.29, 1.82) is 0 Å². The number of nitrogens with one attached hydrogen (secondary N) is 2. The highest BCUT2D eigenvalue weighted by molar-refractivity contribution is 7.07. The summed E-state index contributed by atoms with van der Waals surface area (Å²) in [5, 5.41) is 10.5. The van der Waals surface area contributed by atoms with Gasteiger partial charge in [0.1, 0.15) is 11.6 Å². The van der Waals surface area contributed by atoms with E-state index in [-0.39, 0.29) is 0 Å². The molecular weight excluding hydrogens is 206 g/mol. The molecule has 0 atom stereocenters.